The van der Waals surface area contributed by atoms with Crippen LogP contribution in [0.3, 0.4) is 0 Å². The predicted molar refractivity (Wildman–Crippen MR) is 101 cm³/mol. The molecule has 3 rings (SSSR count). The van der Waals surface area contributed by atoms with Gasteiger partial charge in [-0.3, -0.25) is 0 Å². The number of benzene rings is 1. The highest BCUT2D eigenvalue weighted by Crippen LogP contribution is 2.36. The van der Waals surface area contributed by atoms with Crippen LogP contribution < -0.4 is 11.1 Å². The van der Waals surface area contributed by atoms with Gasteiger partial charge in [0, 0.05) is 0 Å². The Morgan fingerprint density at radius 1 is 1.17 bits per heavy atom. The average Bonchev–Trinajstić information content (AvgIpc) is 2.84. The predicted octanol–water partition coefficient (Wildman–Crippen LogP) is 4.02. The van der Waals surface area contributed by atoms with E-state index in [1.54, 1.807) is 18.1 Å². The molecule has 3 N–H and O–H groups in total. The molecule has 134 valence electrons. The van der Waals surface area contributed by atoms with E-state index < -0.39 is 6.17 Å². The molecule has 1 aromatic carbocycles. The van der Waals surface area contributed by atoms with Crippen LogP contribution in [0.2, 0.25) is 0 Å². The Kier molecular flexibility index (Phi) is 7.89. The molecule has 0 amide bonds. The van der Waals surface area contributed by atoms with Crippen molar-refractivity contribution < 1.29 is 4.39 Å². The third-order valence-corrected chi connectivity index (χ3v) is 4.23. The van der Waals surface area contributed by atoms with E-state index in [0.717, 1.165) is 11.8 Å². The van der Waals surface area contributed by atoms with Crippen LogP contribution in [-0.2, 0) is 6.42 Å². The van der Waals surface area contributed by atoms with Crippen LogP contribution in [0.4, 0.5) is 4.39 Å². The van der Waals surface area contributed by atoms with Crippen molar-refractivity contribution in [3.05, 3.63) is 35.4 Å². The maximum absolute atomic E-state index is 12.6. The molecule has 4 nitrogen and oxygen atoms in total. The molecule has 5 heteroatoms. The number of aliphatic imine (C=N–C) groups is 2. The fourth-order valence-electron chi connectivity index (χ4n) is 2.82. The van der Waals surface area contributed by atoms with Crippen molar-refractivity contribution in [3.8, 4) is 0 Å². The van der Waals surface area contributed by atoms with Gasteiger partial charge in [0.05, 0.1) is 0 Å². The first-order chi connectivity index (χ1) is 11.4. The number of hydrogen-bond donors (Lipinski definition) is 2. The van der Waals surface area contributed by atoms with Gasteiger partial charge in [-0.2, -0.15) is 0 Å². The van der Waals surface area contributed by atoms with E-state index in [4.69, 9.17) is 5.73 Å². The summed E-state index contributed by atoms with van der Waals surface area (Å²) in [4.78, 5) is 7.74. The second kappa shape index (κ2) is 9.40. The number of alkyl halides is 1. The topological polar surface area (TPSA) is 62.8 Å². The van der Waals surface area contributed by atoms with Gasteiger partial charge in [0.15, 0.2) is 12.1 Å². The van der Waals surface area contributed by atoms with Crippen molar-refractivity contribution in [1.29, 1.82) is 0 Å². The van der Waals surface area contributed by atoms with Crippen LogP contribution in [0, 0.1) is 5.92 Å². The summed E-state index contributed by atoms with van der Waals surface area (Å²) in [6.45, 7) is 11.8. The molecule has 0 fully saturated rings. The van der Waals surface area contributed by atoms with Gasteiger partial charge < -0.3 is 11.1 Å². The zero-order valence-corrected chi connectivity index (χ0v) is 15.7. The minimum atomic E-state index is -1.12. The fraction of sp³-hybridized carbons (Fsp3) is 0.579. The van der Waals surface area contributed by atoms with Crippen molar-refractivity contribution >= 4 is 11.8 Å². The maximum Gasteiger partial charge on any atom is 0.196 e. The molecule has 2 unspecified atom stereocenters. The lowest BCUT2D eigenvalue weighted by Gasteiger charge is -2.16. The quantitative estimate of drug-likeness (QED) is 0.815. The van der Waals surface area contributed by atoms with Crippen LogP contribution in [0.25, 0.3) is 0 Å². The van der Waals surface area contributed by atoms with Gasteiger partial charge in [0.1, 0.15) is 12.0 Å². The summed E-state index contributed by atoms with van der Waals surface area (Å²) in [6, 6.07) is 8.82. The average molecular weight is 334 g/mol. The Morgan fingerprint density at radius 2 is 1.79 bits per heavy atom. The summed E-state index contributed by atoms with van der Waals surface area (Å²) in [5.41, 5.74) is 8.48. The minimum Gasteiger partial charge on any atom is -0.370 e. The molecule has 0 radical (unpaired) electrons. The van der Waals surface area contributed by atoms with Crippen molar-refractivity contribution in [2.75, 3.05) is 0 Å². The molecule has 1 aromatic rings. The summed E-state index contributed by atoms with van der Waals surface area (Å²) in [5, 5.41) is 2.55. The molecule has 0 saturated carbocycles. The number of guanidine groups is 1. The van der Waals surface area contributed by atoms with E-state index in [9.17, 15) is 4.39 Å². The number of rotatable bonds is 1. The van der Waals surface area contributed by atoms with Crippen LogP contribution in [0.15, 0.2) is 34.3 Å². The van der Waals surface area contributed by atoms with Crippen LogP contribution in [0.5, 0.6) is 0 Å². The van der Waals surface area contributed by atoms with Gasteiger partial charge in [0.2, 0.25) is 0 Å². The lowest BCUT2D eigenvalue weighted by atomic mass is 9.97. The zero-order valence-electron chi connectivity index (χ0n) is 15.7. The lowest BCUT2D eigenvalue weighted by molar-refractivity contribution is 0.445. The molecule has 24 heavy (non-hydrogen) atoms. The maximum atomic E-state index is 12.6. The summed E-state index contributed by atoms with van der Waals surface area (Å²) in [6.07, 6.45) is -0.118. The van der Waals surface area contributed by atoms with Gasteiger partial charge >= 0.3 is 0 Å². The standard InChI is InChI=1S/C11H14.C6H11FN4.C2H6/c1-8-7-10-5-3-4-6-11(10)9(8)2;1-3(7)5-9-4(2)10-6(8)11-5;1-2/h3-6,8-9H,7H2,1-2H3;3-4H,1-2H3,(H3,8,9,10,11);1-2H3/t8-,9?;3-,4?;/m01./s1. The third-order valence-electron chi connectivity index (χ3n) is 4.23. The highest BCUT2D eigenvalue weighted by atomic mass is 19.1. The smallest absolute Gasteiger partial charge is 0.196 e. The van der Waals surface area contributed by atoms with Crippen LogP contribution in [-0.4, -0.2) is 24.1 Å². The summed E-state index contributed by atoms with van der Waals surface area (Å²) in [7, 11) is 0. The van der Waals surface area contributed by atoms with Gasteiger partial charge in [-0.05, 0) is 43.2 Å². The van der Waals surface area contributed by atoms with E-state index in [-0.39, 0.29) is 18.0 Å². The molecule has 1 heterocycles. The Bertz CT molecular complexity index is 580. The number of nitrogens with one attached hydrogen (secondary N) is 1. The number of nitrogens with two attached hydrogens (primary N) is 1. The zero-order chi connectivity index (χ0) is 18.3. The number of nitrogens with zero attached hydrogens (tertiary/aromatic N) is 2. The molecule has 0 spiro atoms. The molecule has 1 aliphatic heterocycles. The largest absolute Gasteiger partial charge is 0.370 e. The normalized spacial score (nSPS) is 25.5. The Balaban J connectivity index is 0.000000218. The second-order valence-corrected chi connectivity index (χ2v) is 6.07. The lowest BCUT2D eigenvalue weighted by Crippen LogP contribution is -2.44. The Morgan fingerprint density at radius 3 is 2.33 bits per heavy atom. The molecule has 2 aliphatic rings. The molecule has 0 aromatic heterocycles. The Hall–Kier alpha value is -1.91. The molecular weight excluding hydrogens is 303 g/mol. The summed E-state index contributed by atoms with van der Waals surface area (Å²) < 4.78 is 12.6. The molecule has 0 bridgehead atoms. The van der Waals surface area contributed by atoms with Gasteiger partial charge in [-0.25, -0.2) is 14.4 Å². The number of hydrogen-bond acceptors (Lipinski definition) is 4. The number of fused-ring (bicyclic) bond motifs is 1. The van der Waals surface area contributed by atoms with Crippen molar-refractivity contribution in [2.24, 2.45) is 21.6 Å². The monoisotopic (exact) mass is 334 g/mol. The molecule has 0 saturated heterocycles. The van der Waals surface area contributed by atoms with Crippen molar-refractivity contribution in [3.63, 3.8) is 0 Å². The third kappa shape index (κ3) is 5.32. The first kappa shape index (κ1) is 20.1. The van der Waals surface area contributed by atoms with Gasteiger partial charge in [-0.15, -0.1) is 0 Å². The van der Waals surface area contributed by atoms with Gasteiger partial charge in [-0.1, -0.05) is 52.0 Å². The van der Waals surface area contributed by atoms with E-state index >= 15 is 0 Å². The second-order valence-electron chi connectivity index (χ2n) is 6.07. The van der Waals surface area contributed by atoms with E-state index in [1.165, 1.54) is 13.3 Å². The highest BCUT2D eigenvalue weighted by Gasteiger charge is 2.24. The Labute approximate surface area is 145 Å². The van der Waals surface area contributed by atoms with Crippen LogP contribution >= 0.6 is 0 Å². The fourth-order valence-corrected chi connectivity index (χ4v) is 2.82. The molecular formula is C19H31FN4. The van der Waals surface area contributed by atoms with Crippen LogP contribution in [0.1, 0.15) is 58.6 Å². The van der Waals surface area contributed by atoms with Crippen molar-refractivity contribution in [1.82, 2.24) is 5.32 Å². The van der Waals surface area contributed by atoms with E-state index in [2.05, 4.69) is 53.4 Å². The molecule has 4 atom stereocenters. The van der Waals surface area contributed by atoms with E-state index in [0.29, 0.717) is 0 Å². The first-order valence-corrected chi connectivity index (χ1v) is 8.78. The SMILES string of the molecule is CC.CC1N=C(N)NC([C@@H](C)F)=N1.CC1c2ccccc2C[C@@H]1C. The first-order valence-electron chi connectivity index (χ1n) is 8.78. The highest BCUT2D eigenvalue weighted by molar-refractivity contribution is 6.02. The van der Waals surface area contributed by atoms with Gasteiger partial charge in [0.25, 0.3) is 0 Å². The molecule has 1 aliphatic carbocycles. The summed E-state index contributed by atoms with van der Waals surface area (Å²) >= 11 is 0. The summed E-state index contributed by atoms with van der Waals surface area (Å²) in [5.74, 6) is 2.09. The minimum absolute atomic E-state index is 0.229. The number of halogens is 1. The van der Waals surface area contributed by atoms with E-state index in [1.807, 2.05) is 13.8 Å². The number of amidine groups is 1. The van der Waals surface area contributed by atoms with Crippen molar-refractivity contribution in [2.45, 2.75) is 66.2 Å².